The lowest BCUT2D eigenvalue weighted by Gasteiger charge is -2.25. The van der Waals surface area contributed by atoms with Gasteiger partial charge in [0.25, 0.3) is 0 Å². The van der Waals surface area contributed by atoms with E-state index in [9.17, 15) is 14.3 Å². The van der Waals surface area contributed by atoms with Crippen LogP contribution in [0.4, 0.5) is 4.39 Å². The topological polar surface area (TPSA) is 40.5 Å². The molecule has 1 aliphatic rings. The van der Waals surface area contributed by atoms with Crippen LogP contribution in [0.2, 0.25) is 0 Å². The maximum absolute atomic E-state index is 13.1. The normalized spacial score (nSPS) is 21.9. The summed E-state index contributed by atoms with van der Waals surface area (Å²) in [4.78, 5) is 13.3. The van der Waals surface area contributed by atoms with Gasteiger partial charge in [-0.1, -0.05) is 12.1 Å². The first kappa shape index (κ1) is 12.4. The second-order valence-electron chi connectivity index (χ2n) is 4.11. The third-order valence-electron chi connectivity index (χ3n) is 2.56. The van der Waals surface area contributed by atoms with Gasteiger partial charge in [-0.3, -0.25) is 4.79 Å². The first-order valence-electron chi connectivity index (χ1n) is 5.42. The third-order valence-corrected chi connectivity index (χ3v) is 3.82. The fraction of sp³-hybridized carbons (Fsp3) is 0.417. The number of aliphatic hydroxyl groups excluding tert-OH is 1. The van der Waals surface area contributed by atoms with Crippen LogP contribution in [0, 0.1) is 5.82 Å². The molecule has 0 aliphatic carbocycles. The zero-order chi connectivity index (χ0) is 12.4. The molecule has 0 radical (unpaired) electrons. The molecule has 0 bridgehead atoms. The molecule has 1 aromatic rings. The summed E-state index contributed by atoms with van der Waals surface area (Å²) in [5.41, 5.74) is 0.765. The predicted molar refractivity (Wildman–Crippen MR) is 65.0 cm³/mol. The number of nitrogens with zero attached hydrogens (tertiary/aromatic N) is 1. The Bertz CT molecular complexity index is 425. The molecule has 3 nitrogen and oxygen atoms in total. The van der Waals surface area contributed by atoms with E-state index in [4.69, 9.17) is 0 Å². The molecule has 1 aliphatic heterocycles. The van der Waals surface area contributed by atoms with Crippen molar-refractivity contribution in [2.75, 3.05) is 12.3 Å². The van der Waals surface area contributed by atoms with E-state index in [1.54, 1.807) is 24.0 Å². The van der Waals surface area contributed by atoms with Crippen molar-refractivity contribution >= 4 is 17.7 Å². The Morgan fingerprint density at radius 1 is 1.65 bits per heavy atom. The summed E-state index contributed by atoms with van der Waals surface area (Å²) in [5, 5.41) is 9.19. The molecule has 1 amide bonds. The minimum absolute atomic E-state index is 0.00911. The molecule has 1 saturated heterocycles. The molecule has 5 heteroatoms. The van der Waals surface area contributed by atoms with Crippen LogP contribution >= 0.6 is 11.8 Å². The molecule has 1 heterocycles. The monoisotopic (exact) mass is 255 g/mol. The Kier molecular flexibility index (Phi) is 3.69. The van der Waals surface area contributed by atoms with E-state index in [-0.39, 0.29) is 23.6 Å². The van der Waals surface area contributed by atoms with Crippen molar-refractivity contribution in [1.82, 2.24) is 4.90 Å². The average Bonchev–Trinajstić information content (AvgIpc) is 2.60. The molecule has 2 rings (SSSR count). The number of hydrogen-bond donors (Lipinski definition) is 1. The summed E-state index contributed by atoms with van der Waals surface area (Å²) < 4.78 is 13.1. The quantitative estimate of drug-likeness (QED) is 0.895. The molecule has 92 valence electrons. The lowest BCUT2D eigenvalue weighted by molar-refractivity contribution is -0.129. The highest BCUT2D eigenvalue weighted by atomic mass is 32.2. The van der Waals surface area contributed by atoms with Gasteiger partial charge < -0.3 is 10.0 Å². The fourth-order valence-corrected chi connectivity index (χ4v) is 3.06. The zero-order valence-electron chi connectivity index (χ0n) is 9.47. The lowest BCUT2D eigenvalue weighted by atomic mass is 10.2. The van der Waals surface area contributed by atoms with E-state index in [2.05, 4.69) is 0 Å². The largest absolute Gasteiger partial charge is 0.392 e. The minimum Gasteiger partial charge on any atom is -0.392 e. The van der Waals surface area contributed by atoms with Crippen molar-refractivity contribution in [2.24, 2.45) is 0 Å². The number of aliphatic hydroxyl groups is 1. The van der Waals surface area contributed by atoms with Gasteiger partial charge >= 0.3 is 0 Å². The van der Waals surface area contributed by atoms with Crippen LogP contribution in [-0.4, -0.2) is 34.3 Å². The third kappa shape index (κ3) is 2.79. The second-order valence-corrected chi connectivity index (χ2v) is 5.18. The Hall–Kier alpha value is -1.07. The zero-order valence-corrected chi connectivity index (χ0v) is 10.3. The molecule has 0 spiro atoms. The summed E-state index contributed by atoms with van der Waals surface area (Å²) in [6.07, 6.45) is -0.575. The highest BCUT2D eigenvalue weighted by Gasteiger charge is 2.33. The van der Waals surface area contributed by atoms with E-state index in [1.165, 1.54) is 23.9 Å². The van der Waals surface area contributed by atoms with Gasteiger partial charge in [0.15, 0.2) is 0 Å². The van der Waals surface area contributed by atoms with E-state index >= 15 is 0 Å². The van der Waals surface area contributed by atoms with Crippen LogP contribution in [0.3, 0.4) is 0 Å². The summed E-state index contributed by atoms with van der Waals surface area (Å²) in [6.45, 7) is 1.92. The summed E-state index contributed by atoms with van der Waals surface area (Å²) in [7, 11) is 0. The molecule has 0 saturated carbocycles. The van der Waals surface area contributed by atoms with E-state index < -0.39 is 6.10 Å². The van der Waals surface area contributed by atoms with Crippen molar-refractivity contribution in [3.05, 3.63) is 35.6 Å². The van der Waals surface area contributed by atoms with Crippen molar-refractivity contribution in [3.63, 3.8) is 0 Å². The van der Waals surface area contributed by atoms with E-state index in [0.29, 0.717) is 5.75 Å². The molecular formula is C12H14FNO2S. The molecule has 0 unspecified atom stereocenters. The number of carbonyl (C=O) groups is 1. The second kappa shape index (κ2) is 5.06. The van der Waals surface area contributed by atoms with Crippen LogP contribution in [0.1, 0.15) is 17.9 Å². The van der Waals surface area contributed by atoms with Crippen LogP contribution < -0.4 is 0 Å². The molecular weight excluding hydrogens is 241 g/mol. The highest BCUT2D eigenvalue weighted by Crippen LogP contribution is 2.38. The summed E-state index contributed by atoms with van der Waals surface area (Å²) >= 11 is 1.46. The predicted octanol–water partition coefficient (Wildman–Crippen LogP) is 1.78. The van der Waals surface area contributed by atoms with Gasteiger partial charge in [-0.15, -0.1) is 11.8 Å². The minimum atomic E-state index is -0.575. The van der Waals surface area contributed by atoms with Gasteiger partial charge in [0.2, 0.25) is 5.91 Å². The van der Waals surface area contributed by atoms with Crippen molar-refractivity contribution in [1.29, 1.82) is 0 Å². The van der Waals surface area contributed by atoms with Crippen molar-refractivity contribution in [2.45, 2.75) is 18.4 Å². The maximum Gasteiger partial charge on any atom is 0.233 e. The molecule has 0 aromatic heterocycles. The lowest BCUT2D eigenvalue weighted by Crippen LogP contribution is -2.34. The van der Waals surface area contributed by atoms with E-state index in [1.807, 2.05) is 0 Å². The van der Waals surface area contributed by atoms with Gasteiger partial charge in [0.1, 0.15) is 11.2 Å². The van der Waals surface area contributed by atoms with Gasteiger partial charge in [-0.2, -0.15) is 0 Å². The first-order valence-corrected chi connectivity index (χ1v) is 6.47. The van der Waals surface area contributed by atoms with Crippen LogP contribution in [0.5, 0.6) is 0 Å². The molecule has 1 N–H and O–H groups in total. The Balaban J connectivity index is 2.22. The molecule has 1 fully saturated rings. The number of halogens is 1. The first-order chi connectivity index (χ1) is 8.08. The Morgan fingerprint density at radius 3 is 3.06 bits per heavy atom. The summed E-state index contributed by atoms with van der Waals surface area (Å²) in [6, 6.07) is 6.25. The van der Waals surface area contributed by atoms with Crippen LogP contribution in [0.25, 0.3) is 0 Å². The molecule has 2 atom stereocenters. The van der Waals surface area contributed by atoms with Gasteiger partial charge in [0, 0.05) is 6.54 Å². The standard InChI is InChI=1S/C12H14FNO2S/c1-8(15)6-14-11(16)7-17-12(14)9-3-2-4-10(13)5-9/h2-5,8,12,15H,6-7H2,1H3/t8-,12+/m1/s1. The number of amides is 1. The number of thioether (sulfide) groups is 1. The number of rotatable bonds is 3. The van der Waals surface area contributed by atoms with Crippen LogP contribution in [-0.2, 0) is 4.79 Å². The molecule has 17 heavy (non-hydrogen) atoms. The number of benzene rings is 1. The van der Waals surface area contributed by atoms with Crippen molar-refractivity contribution < 1.29 is 14.3 Å². The molecule has 1 aromatic carbocycles. The SMILES string of the molecule is C[C@@H](O)CN1C(=O)CS[C@H]1c1cccc(F)c1. The Morgan fingerprint density at radius 2 is 2.41 bits per heavy atom. The highest BCUT2D eigenvalue weighted by molar-refractivity contribution is 8.00. The number of hydrogen-bond acceptors (Lipinski definition) is 3. The number of β-amino-alcohol motifs (C(OH)–C–C–N with tert-alkyl or cyclic N) is 1. The average molecular weight is 255 g/mol. The van der Waals surface area contributed by atoms with Gasteiger partial charge in [-0.05, 0) is 24.6 Å². The van der Waals surface area contributed by atoms with Crippen LogP contribution in [0.15, 0.2) is 24.3 Å². The fourth-order valence-electron chi connectivity index (χ4n) is 1.87. The van der Waals surface area contributed by atoms with Gasteiger partial charge in [-0.25, -0.2) is 4.39 Å². The Labute approximate surface area is 104 Å². The maximum atomic E-state index is 13.1. The smallest absolute Gasteiger partial charge is 0.233 e. The van der Waals surface area contributed by atoms with Gasteiger partial charge in [0.05, 0.1) is 11.9 Å². The van der Waals surface area contributed by atoms with Crippen molar-refractivity contribution in [3.8, 4) is 0 Å². The van der Waals surface area contributed by atoms with E-state index in [0.717, 1.165) is 5.56 Å². The summed E-state index contributed by atoms with van der Waals surface area (Å²) in [5.74, 6) is 0.0677. The number of carbonyl (C=O) groups excluding carboxylic acids is 1.